The largest absolute Gasteiger partial charge is 0.271 e. The van der Waals surface area contributed by atoms with Crippen molar-refractivity contribution in [3.05, 3.63) is 65.7 Å². The summed E-state index contributed by atoms with van der Waals surface area (Å²) in [6.07, 6.45) is 4.28. The van der Waals surface area contributed by atoms with Crippen molar-refractivity contribution in [2.75, 3.05) is 0 Å². The number of tetrazole rings is 1. The maximum absolute atomic E-state index is 12.2. The fraction of sp³-hybridized carbons (Fsp3) is 0.250. The maximum atomic E-state index is 12.2. The first-order valence-corrected chi connectivity index (χ1v) is 9.06. The van der Waals surface area contributed by atoms with Gasteiger partial charge < -0.3 is 0 Å². The van der Waals surface area contributed by atoms with Gasteiger partial charge in [-0.25, -0.2) is 5.43 Å². The van der Waals surface area contributed by atoms with Crippen LogP contribution in [0.4, 0.5) is 0 Å². The SMILES string of the molecule is O=C(NN=C1CCCC1)c1ccc(Cn2nnc(-c3ccccc3)n2)cc1. The molecule has 7 heteroatoms. The highest BCUT2D eigenvalue weighted by Gasteiger charge is 2.10. The Morgan fingerprint density at radius 1 is 1.04 bits per heavy atom. The minimum absolute atomic E-state index is 0.189. The van der Waals surface area contributed by atoms with Gasteiger partial charge in [0.25, 0.3) is 5.91 Å². The topological polar surface area (TPSA) is 85.1 Å². The Balaban J connectivity index is 1.38. The van der Waals surface area contributed by atoms with Crippen LogP contribution in [0.5, 0.6) is 0 Å². The first-order chi connectivity index (χ1) is 13.3. The monoisotopic (exact) mass is 360 g/mol. The van der Waals surface area contributed by atoms with Crippen LogP contribution < -0.4 is 5.43 Å². The number of nitrogens with zero attached hydrogens (tertiary/aromatic N) is 5. The van der Waals surface area contributed by atoms with E-state index >= 15 is 0 Å². The summed E-state index contributed by atoms with van der Waals surface area (Å²) in [5, 5.41) is 16.8. The van der Waals surface area contributed by atoms with Gasteiger partial charge in [-0.1, -0.05) is 42.5 Å². The van der Waals surface area contributed by atoms with Crippen LogP contribution in [-0.2, 0) is 6.54 Å². The summed E-state index contributed by atoms with van der Waals surface area (Å²) >= 11 is 0. The van der Waals surface area contributed by atoms with Crippen molar-refractivity contribution < 1.29 is 4.79 Å². The second kappa shape index (κ2) is 7.90. The van der Waals surface area contributed by atoms with Gasteiger partial charge in [0.15, 0.2) is 0 Å². The average molecular weight is 360 g/mol. The van der Waals surface area contributed by atoms with Gasteiger partial charge >= 0.3 is 0 Å². The van der Waals surface area contributed by atoms with E-state index in [0.29, 0.717) is 17.9 Å². The number of aromatic nitrogens is 4. The minimum Gasteiger partial charge on any atom is -0.267 e. The van der Waals surface area contributed by atoms with Crippen LogP contribution in [0.3, 0.4) is 0 Å². The van der Waals surface area contributed by atoms with Gasteiger partial charge in [0.05, 0.1) is 6.54 Å². The van der Waals surface area contributed by atoms with Crippen molar-refractivity contribution in [3.8, 4) is 11.4 Å². The zero-order valence-electron chi connectivity index (χ0n) is 14.9. The Hall–Kier alpha value is -3.35. The van der Waals surface area contributed by atoms with E-state index in [9.17, 15) is 4.79 Å². The lowest BCUT2D eigenvalue weighted by molar-refractivity contribution is 0.0954. The molecule has 0 saturated heterocycles. The molecule has 136 valence electrons. The number of carbonyl (C=O) groups excluding carboxylic acids is 1. The molecule has 2 aromatic carbocycles. The minimum atomic E-state index is -0.189. The van der Waals surface area contributed by atoms with E-state index in [1.54, 1.807) is 16.9 Å². The number of benzene rings is 2. The number of carbonyl (C=O) groups is 1. The van der Waals surface area contributed by atoms with Crippen molar-refractivity contribution in [2.45, 2.75) is 32.2 Å². The van der Waals surface area contributed by atoms with Crippen LogP contribution in [0.1, 0.15) is 41.6 Å². The summed E-state index contributed by atoms with van der Waals surface area (Å²) in [5.74, 6) is 0.406. The van der Waals surface area contributed by atoms with Crippen molar-refractivity contribution in [3.63, 3.8) is 0 Å². The average Bonchev–Trinajstić information content (AvgIpc) is 3.39. The molecule has 0 atom stereocenters. The van der Waals surface area contributed by atoms with Crippen molar-refractivity contribution in [1.29, 1.82) is 0 Å². The summed E-state index contributed by atoms with van der Waals surface area (Å²) in [5.41, 5.74) is 6.22. The van der Waals surface area contributed by atoms with E-state index in [-0.39, 0.29) is 5.91 Å². The molecular weight excluding hydrogens is 340 g/mol. The molecule has 3 aromatic rings. The summed E-state index contributed by atoms with van der Waals surface area (Å²) in [6, 6.07) is 17.1. The van der Waals surface area contributed by atoms with Gasteiger partial charge in [0, 0.05) is 16.8 Å². The molecule has 1 N–H and O–H groups in total. The molecule has 0 spiro atoms. The maximum Gasteiger partial charge on any atom is 0.271 e. The molecule has 1 aromatic heterocycles. The summed E-state index contributed by atoms with van der Waals surface area (Å²) < 4.78 is 0. The van der Waals surface area contributed by atoms with Crippen molar-refractivity contribution >= 4 is 11.6 Å². The number of amides is 1. The van der Waals surface area contributed by atoms with E-state index in [4.69, 9.17) is 0 Å². The Bertz CT molecular complexity index is 938. The van der Waals surface area contributed by atoms with Gasteiger partial charge in [-0.2, -0.15) is 9.90 Å². The Kier molecular flexibility index (Phi) is 5.00. The molecule has 0 unspecified atom stereocenters. The standard InChI is InChI=1S/C20H20N6O/c27-20(23-21-18-8-4-5-9-18)17-12-10-15(11-13-17)14-26-24-19(22-25-26)16-6-2-1-3-7-16/h1-3,6-7,10-13H,4-5,8-9,14H2,(H,23,27). The van der Waals surface area contributed by atoms with Crippen LogP contribution in [-0.4, -0.2) is 31.8 Å². The molecule has 4 rings (SSSR count). The molecule has 0 aliphatic heterocycles. The smallest absolute Gasteiger partial charge is 0.267 e. The van der Waals surface area contributed by atoms with E-state index in [2.05, 4.69) is 25.9 Å². The van der Waals surface area contributed by atoms with Gasteiger partial charge in [0.1, 0.15) is 0 Å². The number of hydrazone groups is 1. The quantitative estimate of drug-likeness (QED) is 0.709. The third kappa shape index (κ3) is 4.25. The van der Waals surface area contributed by atoms with E-state index in [0.717, 1.165) is 42.5 Å². The van der Waals surface area contributed by atoms with Crippen LogP contribution in [0, 0.1) is 0 Å². The zero-order valence-corrected chi connectivity index (χ0v) is 14.9. The lowest BCUT2D eigenvalue weighted by atomic mass is 10.1. The zero-order chi connectivity index (χ0) is 18.5. The highest BCUT2D eigenvalue weighted by atomic mass is 16.2. The number of hydrogen-bond donors (Lipinski definition) is 1. The van der Waals surface area contributed by atoms with Gasteiger partial charge in [0.2, 0.25) is 5.82 Å². The highest BCUT2D eigenvalue weighted by Crippen LogP contribution is 2.14. The molecule has 1 aliphatic carbocycles. The molecule has 0 bridgehead atoms. The summed E-state index contributed by atoms with van der Waals surface area (Å²) in [4.78, 5) is 13.7. The van der Waals surface area contributed by atoms with Gasteiger partial charge in [-0.05, 0) is 48.6 Å². The molecule has 7 nitrogen and oxygen atoms in total. The molecule has 0 radical (unpaired) electrons. The lowest BCUT2D eigenvalue weighted by Gasteiger charge is -2.03. The fourth-order valence-electron chi connectivity index (χ4n) is 3.03. The molecule has 27 heavy (non-hydrogen) atoms. The van der Waals surface area contributed by atoms with E-state index in [1.165, 1.54) is 0 Å². The lowest BCUT2D eigenvalue weighted by Crippen LogP contribution is -2.19. The Morgan fingerprint density at radius 2 is 1.78 bits per heavy atom. The first kappa shape index (κ1) is 17.1. The van der Waals surface area contributed by atoms with Crippen molar-refractivity contribution in [2.24, 2.45) is 5.10 Å². The number of nitrogens with one attached hydrogen (secondary N) is 1. The predicted octanol–water partition coefficient (Wildman–Crippen LogP) is 3.05. The number of rotatable bonds is 5. The molecule has 1 heterocycles. The molecule has 1 aliphatic rings. The Labute approximate surface area is 157 Å². The highest BCUT2D eigenvalue weighted by molar-refractivity contribution is 5.95. The summed E-state index contributed by atoms with van der Waals surface area (Å²) in [6.45, 7) is 0.490. The van der Waals surface area contributed by atoms with Crippen LogP contribution >= 0.6 is 0 Å². The number of hydrogen-bond acceptors (Lipinski definition) is 5. The van der Waals surface area contributed by atoms with Gasteiger partial charge in [-0.3, -0.25) is 4.79 Å². The third-order valence-corrected chi connectivity index (χ3v) is 4.52. The second-order valence-electron chi connectivity index (χ2n) is 6.53. The Morgan fingerprint density at radius 3 is 2.52 bits per heavy atom. The van der Waals surface area contributed by atoms with Crippen molar-refractivity contribution in [1.82, 2.24) is 25.6 Å². The summed E-state index contributed by atoms with van der Waals surface area (Å²) in [7, 11) is 0. The predicted molar refractivity (Wildman–Crippen MR) is 102 cm³/mol. The van der Waals surface area contributed by atoms with Crippen LogP contribution in [0.15, 0.2) is 59.7 Å². The molecule has 1 fully saturated rings. The molecule has 1 saturated carbocycles. The third-order valence-electron chi connectivity index (χ3n) is 4.52. The normalized spacial score (nSPS) is 13.6. The first-order valence-electron chi connectivity index (χ1n) is 9.06. The van der Waals surface area contributed by atoms with Crippen LogP contribution in [0.2, 0.25) is 0 Å². The van der Waals surface area contributed by atoms with Crippen LogP contribution in [0.25, 0.3) is 11.4 Å². The second-order valence-corrected chi connectivity index (χ2v) is 6.53. The van der Waals surface area contributed by atoms with Gasteiger partial charge in [-0.15, -0.1) is 10.2 Å². The fourth-order valence-corrected chi connectivity index (χ4v) is 3.03. The van der Waals surface area contributed by atoms with E-state index in [1.807, 2.05) is 42.5 Å². The molecular formula is C20H20N6O. The van der Waals surface area contributed by atoms with E-state index < -0.39 is 0 Å². The molecule has 1 amide bonds.